The van der Waals surface area contributed by atoms with Crippen LogP contribution in [0, 0.1) is 10.1 Å². The highest BCUT2D eigenvalue weighted by Gasteiger charge is 2.23. The Kier molecular flexibility index (Phi) is 6.54. The molecule has 0 aliphatic rings. The van der Waals surface area contributed by atoms with Gasteiger partial charge in [-0.05, 0) is 17.7 Å². The standard InChI is InChI=1S/C17H14Cl2N2O5/c1-26-16(22)9-15(11-4-2-3-5-13(11)18)20-17(23)12-7-6-10(21(24)25)8-14(12)19/h2-8,15H,9H2,1H3,(H,20,23). The molecule has 1 amide bonds. The van der Waals surface area contributed by atoms with Gasteiger partial charge in [-0.1, -0.05) is 41.4 Å². The molecule has 0 aliphatic carbocycles. The van der Waals surface area contributed by atoms with Crippen LogP contribution in [0.1, 0.15) is 28.4 Å². The molecule has 0 radical (unpaired) electrons. The van der Waals surface area contributed by atoms with Crippen molar-refractivity contribution in [3.63, 3.8) is 0 Å². The number of hydrogen-bond donors (Lipinski definition) is 1. The van der Waals surface area contributed by atoms with E-state index in [1.807, 2.05) is 0 Å². The number of benzene rings is 2. The molecule has 0 heterocycles. The number of methoxy groups -OCH3 is 1. The Hall–Kier alpha value is -2.64. The number of nitrogens with one attached hydrogen (secondary N) is 1. The van der Waals surface area contributed by atoms with E-state index in [-0.39, 0.29) is 22.7 Å². The van der Waals surface area contributed by atoms with Gasteiger partial charge in [0.2, 0.25) is 0 Å². The fourth-order valence-electron chi connectivity index (χ4n) is 2.28. The number of carbonyl (C=O) groups excluding carboxylic acids is 2. The molecule has 1 unspecified atom stereocenters. The minimum atomic E-state index is -0.755. The van der Waals surface area contributed by atoms with Gasteiger partial charge in [0, 0.05) is 17.2 Å². The lowest BCUT2D eigenvalue weighted by Gasteiger charge is -2.19. The number of carbonyl (C=O) groups is 2. The van der Waals surface area contributed by atoms with Crippen molar-refractivity contribution >= 4 is 40.8 Å². The second kappa shape index (κ2) is 8.64. The quantitative estimate of drug-likeness (QED) is 0.452. The molecule has 2 aromatic rings. The smallest absolute Gasteiger partial charge is 0.307 e. The molecule has 0 aromatic heterocycles. The Morgan fingerprint density at radius 3 is 2.46 bits per heavy atom. The number of rotatable bonds is 6. The second-order valence-electron chi connectivity index (χ2n) is 5.25. The zero-order valence-electron chi connectivity index (χ0n) is 13.6. The summed E-state index contributed by atoms with van der Waals surface area (Å²) in [5.41, 5.74) is 0.342. The Balaban J connectivity index is 2.30. The molecule has 1 atom stereocenters. The highest BCUT2D eigenvalue weighted by molar-refractivity contribution is 6.34. The number of esters is 1. The summed E-state index contributed by atoms with van der Waals surface area (Å²) < 4.78 is 4.66. The number of amides is 1. The minimum Gasteiger partial charge on any atom is -0.469 e. The lowest BCUT2D eigenvalue weighted by molar-refractivity contribution is -0.384. The fourth-order valence-corrected chi connectivity index (χ4v) is 2.81. The van der Waals surface area contributed by atoms with Gasteiger partial charge in [-0.3, -0.25) is 19.7 Å². The summed E-state index contributed by atoms with van der Waals surface area (Å²) in [5, 5.41) is 13.7. The van der Waals surface area contributed by atoms with Crippen molar-refractivity contribution in [1.82, 2.24) is 5.32 Å². The molecule has 1 N–H and O–H groups in total. The van der Waals surface area contributed by atoms with Gasteiger partial charge in [0.15, 0.2) is 0 Å². The van der Waals surface area contributed by atoms with Crippen LogP contribution in [0.15, 0.2) is 42.5 Å². The van der Waals surface area contributed by atoms with Crippen LogP contribution in [0.4, 0.5) is 5.69 Å². The SMILES string of the molecule is COC(=O)CC(NC(=O)c1ccc([N+](=O)[O-])cc1Cl)c1ccccc1Cl. The van der Waals surface area contributed by atoms with E-state index >= 15 is 0 Å². The molecule has 7 nitrogen and oxygen atoms in total. The van der Waals surface area contributed by atoms with E-state index in [0.717, 1.165) is 6.07 Å². The Bertz CT molecular complexity index is 857. The van der Waals surface area contributed by atoms with Gasteiger partial charge < -0.3 is 10.1 Å². The van der Waals surface area contributed by atoms with Crippen LogP contribution in [0.5, 0.6) is 0 Å². The van der Waals surface area contributed by atoms with Gasteiger partial charge in [0.05, 0.1) is 35.1 Å². The molecule has 0 fully saturated rings. The van der Waals surface area contributed by atoms with Crippen molar-refractivity contribution in [2.45, 2.75) is 12.5 Å². The molecule has 0 spiro atoms. The predicted octanol–water partition coefficient (Wildman–Crippen LogP) is 3.94. The van der Waals surface area contributed by atoms with Crippen LogP contribution in [-0.2, 0) is 9.53 Å². The minimum absolute atomic E-state index is 0.0409. The predicted molar refractivity (Wildman–Crippen MR) is 96.4 cm³/mol. The number of non-ortho nitro benzene ring substituents is 1. The van der Waals surface area contributed by atoms with Crippen molar-refractivity contribution in [3.05, 3.63) is 73.8 Å². The van der Waals surface area contributed by atoms with Gasteiger partial charge in [-0.2, -0.15) is 0 Å². The summed E-state index contributed by atoms with van der Waals surface area (Å²) in [6.07, 6.45) is -0.142. The molecule has 0 saturated heterocycles. The second-order valence-corrected chi connectivity index (χ2v) is 6.06. The van der Waals surface area contributed by atoms with Gasteiger partial charge in [-0.15, -0.1) is 0 Å². The van der Waals surface area contributed by atoms with Crippen molar-refractivity contribution in [3.8, 4) is 0 Å². The summed E-state index contributed by atoms with van der Waals surface area (Å²) in [5.74, 6) is -1.14. The summed E-state index contributed by atoms with van der Waals surface area (Å²) in [6, 6.07) is 9.49. The van der Waals surface area contributed by atoms with E-state index in [0.29, 0.717) is 10.6 Å². The third-order valence-electron chi connectivity index (χ3n) is 3.59. The summed E-state index contributed by atoms with van der Waals surface area (Å²) in [6.45, 7) is 0. The molecular formula is C17H14Cl2N2O5. The molecule has 26 heavy (non-hydrogen) atoms. The van der Waals surface area contributed by atoms with Crippen molar-refractivity contribution in [2.75, 3.05) is 7.11 Å². The van der Waals surface area contributed by atoms with Crippen molar-refractivity contribution in [1.29, 1.82) is 0 Å². The third kappa shape index (κ3) is 4.71. The van der Waals surface area contributed by atoms with Gasteiger partial charge in [-0.25, -0.2) is 0 Å². The van der Waals surface area contributed by atoms with Crippen molar-refractivity contribution in [2.24, 2.45) is 0 Å². The number of halogens is 2. The fraction of sp³-hybridized carbons (Fsp3) is 0.176. The average Bonchev–Trinajstić information content (AvgIpc) is 2.61. The Morgan fingerprint density at radius 2 is 1.88 bits per heavy atom. The zero-order chi connectivity index (χ0) is 19.3. The first-order valence-electron chi connectivity index (χ1n) is 7.39. The summed E-state index contributed by atoms with van der Waals surface area (Å²) >= 11 is 12.1. The van der Waals surface area contributed by atoms with Crippen LogP contribution >= 0.6 is 23.2 Å². The first-order chi connectivity index (χ1) is 12.3. The van der Waals surface area contributed by atoms with Crippen LogP contribution < -0.4 is 5.32 Å². The number of nitro benzene ring substituents is 1. The molecule has 136 valence electrons. The highest BCUT2D eigenvalue weighted by Crippen LogP contribution is 2.27. The third-order valence-corrected chi connectivity index (χ3v) is 4.25. The Labute approximate surface area is 159 Å². The van der Waals surface area contributed by atoms with Crippen LogP contribution in [0.3, 0.4) is 0 Å². The normalized spacial score (nSPS) is 11.5. The lowest BCUT2D eigenvalue weighted by Crippen LogP contribution is -2.31. The van der Waals surface area contributed by atoms with Crippen LogP contribution in [0.25, 0.3) is 0 Å². The van der Waals surface area contributed by atoms with E-state index in [1.165, 1.54) is 19.2 Å². The molecular weight excluding hydrogens is 383 g/mol. The maximum atomic E-state index is 12.6. The average molecular weight is 397 g/mol. The summed E-state index contributed by atoms with van der Waals surface area (Å²) in [7, 11) is 1.24. The number of hydrogen-bond acceptors (Lipinski definition) is 5. The number of nitrogens with zero attached hydrogens (tertiary/aromatic N) is 1. The molecule has 9 heteroatoms. The molecule has 2 rings (SSSR count). The topological polar surface area (TPSA) is 98.5 Å². The van der Waals surface area contributed by atoms with E-state index in [1.54, 1.807) is 24.3 Å². The van der Waals surface area contributed by atoms with E-state index < -0.39 is 22.8 Å². The lowest BCUT2D eigenvalue weighted by atomic mass is 10.0. The number of nitro groups is 1. The summed E-state index contributed by atoms with van der Waals surface area (Å²) in [4.78, 5) is 34.4. The van der Waals surface area contributed by atoms with E-state index in [2.05, 4.69) is 10.1 Å². The monoisotopic (exact) mass is 396 g/mol. The molecule has 0 saturated carbocycles. The molecule has 0 aliphatic heterocycles. The Morgan fingerprint density at radius 1 is 1.19 bits per heavy atom. The molecule has 0 bridgehead atoms. The van der Waals surface area contributed by atoms with Crippen LogP contribution in [-0.4, -0.2) is 23.9 Å². The van der Waals surface area contributed by atoms with E-state index in [4.69, 9.17) is 23.2 Å². The van der Waals surface area contributed by atoms with Crippen molar-refractivity contribution < 1.29 is 19.2 Å². The number of ether oxygens (including phenoxy) is 1. The van der Waals surface area contributed by atoms with E-state index in [9.17, 15) is 19.7 Å². The first-order valence-corrected chi connectivity index (χ1v) is 8.15. The maximum absolute atomic E-state index is 12.6. The molecule has 2 aromatic carbocycles. The maximum Gasteiger partial charge on any atom is 0.307 e. The van der Waals surface area contributed by atoms with Gasteiger partial charge >= 0.3 is 5.97 Å². The van der Waals surface area contributed by atoms with Gasteiger partial charge in [0.1, 0.15) is 0 Å². The van der Waals surface area contributed by atoms with Gasteiger partial charge in [0.25, 0.3) is 11.6 Å². The zero-order valence-corrected chi connectivity index (χ0v) is 15.1. The van der Waals surface area contributed by atoms with Crippen LogP contribution in [0.2, 0.25) is 10.0 Å². The highest BCUT2D eigenvalue weighted by atomic mass is 35.5. The largest absolute Gasteiger partial charge is 0.469 e. The first kappa shape index (κ1) is 19.7.